The van der Waals surface area contributed by atoms with E-state index < -0.39 is 0 Å². The molecule has 0 radical (unpaired) electrons. The van der Waals surface area contributed by atoms with Crippen molar-refractivity contribution in [2.45, 2.75) is 33.1 Å². The van der Waals surface area contributed by atoms with Gasteiger partial charge in [-0.25, -0.2) is 4.98 Å². The van der Waals surface area contributed by atoms with E-state index in [1.807, 2.05) is 27.7 Å². The molecule has 0 fully saturated rings. The van der Waals surface area contributed by atoms with Crippen LogP contribution in [0.2, 0.25) is 0 Å². The van der Waals surface area contributed by atoms with Gasteiger partial charge in [0.2, 0.25) is 0 Å². The third-order valence-electron chi connectivity index (χ3n) is 1.48. The Labute approximate surface area is 70.3 Å². The predicted octanol–water partition coefficient (Wildman–Crippen LogP) is 2.89. The highest BCUT2D eigenvalue weighted by Gasteiger charge is 2.20. The van der Waals surface area contributed by atoms with E-state index in [-0.39, 0.29) is 10.7 Å². The molecule has 0 atom stereocenters. The molecule has 0 unspecified atom stereocenters. The maximum Gasteiger partial charge on any atom is 0.269 e. The third-order valence-corrected chi connectivity index (χ3v) is 2.24. The molecule has 0 aliphatic carbocycles. The largest absolute Gasteiger partial charge is 0.269 e. The summed E-state index contributed by atoms with van der Waals surface area (Å²) in [4.78, 5) is 4.81. The minimum Gasteiger partial charge on any atom is -0.214 e. The van der Waals surface area contributed by atoms with Crippen molar-refractivity contribution in [3.05, 3.63) is 15.8 Å². The molecule has 0 bridgehead atoms. The Bertz CT molecular complexity index is 260. The summed E-state index contributed by atoms with van der Waals surface area (Å²) in [6.45, 7) is 8.01. The molecule has 0 amide bonds. The van der Waals surface area contributed by atoms with E-state index in [1.165, 1.54) is 0 Å². The number of aromatic nitrogens is 1. The summed E-state index contributed by atoms with van der Waals surface area (Å²) in [7, 11) is 0. The van der Waals surface area contributed by atoms with E-state index in [4.69, 9.17) is 0 Å². The van der Waals surface area contributed by atoms with Crippen LogP contribution in [0.3, 0.4) is 0 Å². The van der Waals surface area contributed by atoms with Crippen LogP contribution in [0.1, 0.15) is 31.3 Å². The minimum atomic E-state index is -0.326. The van der Waals surface area contributed by atoms with Crippen LogP contribution in [0.5, 0.6) is 0 Å². The topological polar surface area (TPSA) is 12.9 Å². The zero-order valence-electron chi connectivity index (χ0n) is 7.23. The van der Waals surface area contributed by atoms with Crippen molar-refractivity contribution in [3.63, 3.8) is 0 Å². The first-order valence-electron chi connectivity index (χ1n) is 3.54. The lowest BCUT2D eigenvalue weighted by atomic mass is 9.92. The van der Waals surface area contributed by atoms with Crippen molar-refractivity contribution in [3.8, 4) is 0 Å². The molecule has 1 nitrogen and oxygen atoms in total. The SMILES string of the molecule is Cc1sc(F)nc1C(C)(C)C. The first-order valence-corrected chi connectivity index (χ1v) is 4.36. The maximum atomic E-state index is 12.6. The van der Waals surface area contributed by atoms with Crippen LogP contribution in [0.25, 0.3) is 0 Å². The molecule has 0 saturated carbocycles. The van der Waals surface area contributed by atoms with Crippen molar-refractivity contribution >= 4 is 11.3 Å². The second-order valence-electron chi connectivity index (χ2n) is 3.62. The molecule has 11 heavy (non-hydrogen) atoms. The number of nitrogens with zero attached hydrogens (tertiary/aromatic N) is 1. The Kier molecular flexibility index (Phi) is 2.01. The van der Waals surface area contributed by atoms with Crippen LogP contribution in [0.4, 0.5) is 4.39 Å². The van der Waals surface area contributed by atoms with E-state index in [2.05, 4.69) is 4.98 Å². The molecule has 1 rings (SSSR count). The fraction of sp³-hybridized carbons (Fsp3) is 0.625. The predicted molar refractivity (Wildman–Crippen MR) is 45.5 cm³/mol. The molecule has 0 aliphatic rings. The number of hydrogen-bond donors (Lipinski definition) is 0. The van der Waals surface area contributed by atoms with E-state index in [9.17, 15) is 4.39 Å². The smallest absolute Gasteiger partial charge is 0.214 e. The van der Waals surface area contributed by atoms with Gasteiger partial charge < -0.3 is 0 Å². The molecule has 1 aromatic rings. The lowest BCUT2D eigenvalue weighted by molar-refractivity contribution is 0.542. The molecular formula is C8H12FNS. The zero-order chi connectivity index (χ0) is 8.65. The molecule has 0 aromatic carbocycles. The Hall–Kier alpha value is -0.440. The van der Waals surface area contributed by atoms with Gasteiger partial charge in [-0.15, -0.1) is 0 Å². The standard InChI is InChI=1S/C8H12FNS/c1-5-6(8(2,3)4)10-7(9)11-5/h1-4H3. The number of hydrogen-bond acceptors (Lipinski definition) is 2. The Morgan fingerprint density at radius 3 is 2.09 bits per heavy atom. The van der Waals surface area contributed by atoms with Gasteiger partial charge in [-0.1, -0.05) is 32.1 Å². The zero-order valence-corrected chi connectivity index (χ0v) is 8.05. The van der Waals surface area contributed by atoms with E-state index in [1.54, 1.807) is 0 Å². The molecule has 0 N–H and O–H groups in total. The first-order chi connectivity index (χ1) is 4.91. The van der Waals surface area contributed by atoms with Crippen molar-refractivity contribution in [2.24, 2.45) is 0 Å². The van der Waals surface area contributed by atoms with Crippen molar-refractivity contribution in [1.82, 2.24) is 4.98 Å². The molecule has 0 saturated heterocycles. The van der Waals surface area contributed by atoms with Gasteiger partial charge in [0, 0.05) is 10.3 Å². The lowest BCUT2D eigenvalue weighted by Crippen LogP contribution is -2.12. The second-order valence-corrected chi connectivity index (χ2v) is 4.77. The molecule has 1 aromatic heterocycles. The fourth-order valence-electron chi connectivity index (χ4n) is 1.06. The van der Waals surface area contributed by atoms with E-state index in [0.29, 0.717) is 0 Å². The summed E-state index contributed by atoms with van der Waals surface area (Å²) in [6, 6.07) is 0. The van der Waals surface area contributed by atoms with E-state index >= 15 is 0 Å². The van der Waals surface area contributed by atoms with Gasteiger partial charge in [0.1, 0.15) is 0 Å². The second kappa shape index (κ2) is 2.55. The monoisotopic (exact) mass is 173 g/mol. The number of halogens is 1. The van der Waals surface area contributed by atoms with Gasteiger partial charge in [-0.3, -0.25) is 0 Å². The molecule has 1 heterocycles. The van der Waals surface area contributed by atoms with Crippen molar-refractivity contribution in [2.75, 3.05) is 0 Å². The Morgan fingerprint density at radius 1 is 1.36 bits per heavy atom. The summed E-state index contributed by atoms with van der Waals surface area (Å²) in [5.74, 6) is 0. The quantitative estimate of drug-likeness (QED) is 0.588. The summed E-state index contributed by atoms with van der Waals surface area (Å²) >= 11 is 1.12. The fourth-order valence-corrected chi connectivity index (χ4v) is 1.90. The molecule has 62 valence electrons. The van der Waals surface area contributed by atoms with Gasteiger partial charge in [-0.05, 0) is 6.92 Å². The average molecular weight is 173 g/mol. The minimum absolute atomic E-state index is 0.0368. The number of aryl methyl sites for hydroxylation is 1. The molecule has 0 aliphatic heterocycles. The van der Waals surface area contributed by atoms with Crippen molar-refractivity contribution < 1.29 is 4.39 Å². The van der Waals surface area contributed by atoms with Crippen molar-refractivity contribution in [1.29, 1.82) is 0 Å². The highest BCUT2D eigenvalue weighted by atomic mass is 32.1. The highest BCUT2D eigenvalue weighted by molar-refractivity contribution is 7.10. The molecular weight excluding hydrogens is 161 g/mol. The van der Waals surface area contributed by atoms with Crippen LogP contribution < -0.4 is 0 Å². The van der Waals surface area contributed by atoms with Gasteiger partial charge in [0.05, 0.1) is 5.69 Å². The normalized spacial score (nSPS) is 12.1. The number of thiazole rings is 1. The van der Waals surface area contributed by atoms with Gasteiger partial charge in [0.15, 0.2) is 0 Å². The summed E-state index contributed by atoms with van der Waals surface area (Å²) in [5.41, 5.74) is 0.838. The van der Waals surface area contributed by atoms with Gasteiger partial charge >= 0.3 is 0 Å². The van der Waals surface area contributed by atoms with Crippen LogP contribution in [0.15, 0.2) is 0 Å². The van der Waals surface area contributed by atoms with Crippen LogP contribution in [-0.4, -0.2) is 4.98 Å². The van der Waals surface area contributed by atoms with Crippen LogP contribution in [0, 0.1) is 12.2 Å². The van der Waals surface area contributed by atoms with E-state index in [0.717, 1.165) is 21.9 Å². The van der Waals surface area contributed by atoms with Crippen LogP contribution in [-0.2, 0) is 5.41 Å². The maximum absolute atomic E-state index is 12.6. The first kappa shape index (κ1) is 8.65. The third kappa shape index (κ3) is 1.77. The lowest BCUT2D eigenvalue weighted by Gasteiger charge is -2.15. The molecule has 3 heteroatoms. The summed E-state index contributed by atoms with van der Waals surface area (Å²) in [5, 5.41) is -0.326. The van der Waals surface area contributed by atoms with Crippen LogP contribution >= 0.6 is 11.3 Å². The summed E-state index contributed by atoms with van der Waals surface area (Å²) < 4.78 is 12.6. The average Bonchev–Trinajstić information content (AvgIpc) is 2.08. The number of rotatable bonds is 0. The van der Waals surface area contributed by atoms with Gasteiger partial charge in [0.25, 0.3) is 5.26 Å². The Morgan fingerprint density at radius 2 is 1.91 bits per heavy atom. The summed E-state index contributed by atoms with van der Waals surface area (Å²) in [6.07, 6.45) is 0. The molecule has 0 spiro atoms. The van der Waals surface area contributed by atoms with Gasteiger partial charge in [-0.2, -0.15) is 4.39 Å². The highest BCUT2D eigenvalue weighted by Crippen LogP contribution is 2.27. The Balaban J connectivity index is 3.13.